The molecule has 3 aromatic rings. The number of nitrogen functional groups attached to an aromatic ring is 1. The second kappa shape index (κ2) is 24.5. The minimum Gasteiger partial charge on any atom is -0.485 e. The van der Waals surface area contributed by atoms with E-state index in [0.717, 1.165) is 31.4 Å². The fraction of sp³-hybridized carbons (Fsp3) is 0.659. The van der Waals surface area contributed by atoms with Crippen LogP contribution in [0.5, 0.6) is 5.75 Å². The first-order chi connectivity index (χ1) is 28.0. The van der Waals surface area contributed by atoms with Crippen molar-refractivity contribution >= 4 is 25.4 Å². The first-order valence-electron chi connectivity index (χ1n) is 20.7. The van der Waals surface area contributed by atoms with Crippen LogP contribution in [0.2, 0.25) is 0 Å². The summed E-state index contributed by atoms with van der Waals surface area (Å²) in [6.07, 6.45) is 17.0. The molecule has 0 spiro atoms. The molecule has 0 amide bonds. The molecule has 1 unspecified atom stereocenters. The Labute approximate surface area is 341 Å². The number of rotatable bonds is 29. The number of unbranched alkanes of at least 4 members (excludes halogenated alkanes) is 15. The third kappa shape index (κ3) is 14.3. The number of hydrogen-bond acceptors (Lipinski definition) is 13. The molecule has 0 bridgehead atoms. The predicted molar refractivity (Wildman–Crippen MR) is 218 cm³/mol. The van der Waals surface area contributed by atoms with E-state index in [2.05, 4.69) is 22.0 Å². The van der Waals surface area contributed by atoms with E-state index in [1.54, 1.807) is 12.1 Å². The highest BCUT2D eigenvalue weighted by molar-refractivity contribution is 7.47. The van der Waals surface area contributed by atoms with Crippen LogP contribution in [0.3, 0.4) is 0 Å². The van der Waals surface area contributed by atoms with Gasteiger partial charge < -0.3 is 35.1 Å². The molecule has 1 aliphatic rings. The van der Waals surface area contributed by atoms with E-state index in [0.29, 0.717) is 12.1 Å². The highest BCUT2D eigenvalue weighted by Crippen LogP contribution is 2.46. The maximum atomic E-state index is 14.2. The molecule has 1 aliphatic heterocycles. The smallest absolute Gasteiger partial charge is 0.472 e. The zero-order chi connectivity index (χ0) is 41.8. The zero-order valence-corrected chi connectivity index (χ0v) is 34.8. The van der Waals surface area contributed by atoms with E-state index in [1.165, 1.54) is 114 Å². The SMILES string of the molecule is CCCCCCCCCCCCCCCCCCOC[C@H](COP(=O)(O)OC[C@H]1O[C@@](C=NC)(c2ccc3c(N)ncnn23)[C@H](O)[C@@H]1O)Oc1cc(F)cc(C#N)c1. The Balaban J connectivity index is 1.22. The van der Waals surface area contributed by atoms with Crippen LogP contribution >= 0.6 is 7.82 Å². The van der Waals surface area contributed by atoms with Crippen LogP contribution in [-0.2, 0) is 28.7 Å². The van der Waals surface area contributed by atoms with Gasteiger partial charge in [0.15, 0.2) is 11.4 Å². The summed E-state index contributed by atoms with van der Waals surface area (Å²) in [6, 6.07) is 8.55. The summed E-state index contributed by atoms with van der Waals surface area (Å²) in [6.45, 7) is 1.43. The van der Waals surface area contributed by atoms with Gasteiger partial charge in [-0.25, -0.2) is 18.5 Å². The van der Waals surface area contributed by atoms with Crippen molar-refractivity contribution in [1.82, 2.24) is 14.6 Å². The molecule has 15 nitrogen and oxygen atoms in total. The number of aromatic nitrogens is 3. The van der Waals surface area contributed by atoms with Gasteiger partial charge in [0.25, 0.3) is 0 Å². The average molecular weight is 833 g/mol. The standard InChI is InChI=1S/C41H62FN6O9P/c1-3-4-5-6-7-8-9-10-11-12-13-14-15-16-17-18-21-53-26-34(56-33-23-31(25-43)22-32(42)24-33)27-54-58(51,52)55-28-36-38(49)39(50)41(57-36,29-45-2)37-20-19-35-40(44)46-30-47-48(35)37/h19-20,22-24,29-30,34,36,38-39,49-50H,3-18,21,26-28H2,1-2H3,(H,51,52)(H2,44,46,47)/t34-,36-,38-,39-,41+/m1/s1. The number of aliphatic hydroxyl groups excluding tert-OH is 2. The van der Waals surface area contributed by atoms with Gasteiger partial charge in [0.05, 0.1) is 37.1 Å². The lowest BCUT2D eigenvalue weighted by Gasteiger charge is -2.27. The number of aliphatic imine (C=N–C) groups is 1. The number of phosphoric ester groups is 1. The van der Waals surface area contributed by atoms with Gasteiger partial charge in [0.2, 0.25) is 0 Å². The maximum Gasteiger partial charge on any atom is 0.472 e. The Morgan fingerprint density at radius 2 is 1.64 bits per heavy atom. The second-order valence-electron chi connectivity index (χ2n) is 14.9. The molecule has 4 rings (SSSR count). The summed E-state index contributed by atoms with van der Waals surface area (Å²) in [5.74, 6) is -0.503. The van der Waals surface area contributed by atoms with E-state index in [-0.39, 0.29) is 29.4 Å². The van der Waals surface area contributed by atoms with Crippen LogP contribution < -0.4 is 10.5 Å². The predicted octanol–water partition coefficient (Wildman–Crippen LogP) is 7.20. The van der Waals surface area contributed by atoms with Gasteiger partial charge in [-0.15, -0.1) is 0 Å². The lowest BCUT2D eigenvalue weighted by atomic mass is 9.92. The number of benzene rings is 1. The van der Waals surface area contributed by atoms with Crippen LogP contribution in [0.1, 0.15) is 121 Å². The molecule has 0 aliphatic carbocycles. The Kier molecular flexibility index (Phi) is 20.0. The summed E-state index contributed by atoms with van der Waals surface area (Å²) < 4.78 is 57.0. The number of anilines is 1. The molecule has 0 saturated carbocycles. The van der Waals surface area contributed by atoms with Crippen molar-refractivity contribution in [2.24, 2.45) is 4.99 Å². The largest absolute Gasteiger partial charge is 0.485 e. The number of halogens is 1. The summed E-state index contributed by atoms with van der Waals surface area (Å²) in [7, 11) is -3.37. The number of phosphoric acid groups is 1. The maximum absolute atomic E-state index is 14.2. The van der Waals surface area contributed by atoms with Gasteiger partial charge in [-0.05, 0) is 30.7 Å². The van der Waals surface area contributed by atoms with Crippen molar-refractivity contribution in [2.75, 3.05) is 39.2 Å². The molecule has 0 radical (unpaired) electrons. The number of fused-ring (bicyclic) bond motifs is 1. The zero-order valence-electron chi connectivity index (χ0n) is 33.9. The molecule has 6 atom stereocenters. The van der Waals surface area contributed by atoms with Crippen molar-refractivity contribution < 1.29 is 47.3 Å². The second-order valence-corrected chi connectivity index (χ2v) is 16.4. The highest BCUT2D eigenvalue weighted by Gasteiger charge is 2.56. The fourth-order valence-corrected chi connectivity index (χ4v) is 7.92. The van der Waals surface area contributed by atoms with E-state index in [9.17, 15) is 29.3 Å². The van der Waals surface area contributed by atoms with Crippen LogP contribution in [-0.4, -0.2) is 93.8 Å². The Morgan fingerprint density at radius 1 is 1.00 bits per heavy atom. The molecule has 1 saturated heterocycles. The molecule has 3 heterocycles. The summed E-state index contributed by atoms with van der Waals surface area (Å²) in [5, 5.41) is 35.7. The van der Waals surface area contributed by atoms with Gasteiger partial charge in [0, 0.05) is 25.9 Å². The number of ether oxygens (including phenoxy) is 3. The van der Waals surface area contributed by atoms with Gasteiger partial charge in [0.1, 0.15) is 47.8 Å². The summed E-state index contributed by atoms with van der Waals surface area (Å²) in [5.41, 5.74) is 4.98. The normalized spacial score (nSPS) is 21.1. The summed E-state index contributed by atoms with van der Waals surface area (Å²) >= 11 is 0. The van der Waals surface area contributed by atoms with Crippen molar-refractivity contribution in [3.8, 4) is 11.8 Å². The lowest BCUT2D eigenvalue weighted by molar-refractivity contribution is -0.0551. The Morgan fingerprint density at radius 3 is 2.26 bits per heavy atom. The number of nitriles is 1. The number of aliphatic hydroxyl groups is 2. The van der Waals surface area contributed by atoms with Gasteiger partial charge in [-0.3, -0.25) is 14.0 Å². The Bertz CT molecular complexity index is 1790. The monoisotopic (exact) mass is 832 g/mol. The molecule has 322 valence electrons. The van der Waals surface area contributed by atoms with E-state index >= 15 is 0 Å². The lowest BCUT2D eigenvalue weighted by Crippen LogP contribution is -2.43. The topological polar surface area (TPSA) is 216 Å². The first-order valence-corrected chi connectivity index (χ1v) is 22.2. The van der Waals surface area contributed by atoms with Crippen LogP contribution in [0.25, 0.3) is 5.52 Å². The first kappa shape index (κ1) is 47.2. The van der Waals surface area contributed by atoms with Gasteiger partial charge in [-0.1, -0.05) is 103 Å². The van der Waals surface area contributed by atoms with Crippen molar-refractivity contribution in [3.63, 3.8) is 0 Å². The van der Waals surface area contributed by atoms with E-state index < -0.39 is 56.9 Å². The molecule has 5 N–H and O–H groups in total. The minimum absolute atomic E-state index is 0.0141. The van der Waals surface area contributed by atoms with Crippen molar-refractivity contribution in [2.45, 2.75) is 140 Å². The average Bonchev–Trinajstić information content (AvgIpc) is 3.75. The van der Waals surface area contributed by atoms with Gasteiger partial charge in [-0.2, -0.15) is 10.4 Å². The quantitative estimate of drug-likeness (QED) is 0.0310. The van der Waals surface area contributed by atoms with E-state index in [4.69, 9.17) is 29.0 Å². The number of nitrogens with zero attached hydrogens (tertiary/aromatic N) is 5. The van der Waals surface area contributed by atoms with Crippen LogP contribution in [0, 0.1) is 17.1 Å². The minimum atomic E-state index is -4.83. The highest BCUT2D eigenvalue weighted by atomic mass is 31.2. The Hall–Kier alpha value is -3.52. The van der Waals surface area contributed by atoms with Crippen molar-refractivity contribution in [1.29, 1.82) is 5.26 Å². The molecular formula is C41H62FN6O9P. The van der Waals surface area contributed by atoms with Crippen LogP contribution in [0.15, 0.2) is 41.7 Å². The van der Waals surface area contributed by atoms with Crippen molar-refractivity contribution in [3.05, 3.63) is 53.7 Å². The molecule has 58 heavy (non-hydrogen) atoms. The number of hydrogen-bond donors (Lipinski definition) is 4. The van der Waals surface area contributed by atoms with Crippen LogP contribution in [0.4, 0.5) is 10.2 Å². The molecule has 2 aromatic heterocycles. The summed E-state index contributed by atoms with van der Waals surface area (Å²) in [4.78, 5) is 18.6. The molecular weight excluding hydrogens is 770 g/mol. The van der Waals surface area contributed by atoms with E-state index in [1.807, 2.05) is 6.07 Å². The molecule has 1 aromatic carbocycles. The third-order valence-corrected chi connectivity index (χ3v) is 11.2. The molecule has 1 fully saturated rings. The third-order valence-electron chi connectivity index (χ3n) is 10.3. The van der Waals surface area contributed by atoms with Gasteiger partial charge >= 0.3 is 7.82 Å². The number of nitrogens with two attached hydrogens (primary N) is 1. The molecule has 17 heteroatoms. The fourth-order valence-electron chi connectivity index (χ4n) is 7.16.